The van der Waals surface area contributed by atoms with Crippen molar-refractivity contribution in [1.29, 1.82) is 0 Å². The van der Waals surface area contributed by atoms with Crippen LogP contribution in [0.15, 0.2) is 37.6 Å². The number of nitrogens with zero attached hydrogens (tertiary/aromatic N) is 1. The summed E-state index contributed by atoms with van der Waals surface area (Å²) in [6.45, 7) is 1.99. The lowest BCUT2D eigenvalue weighted by Gasteiger charge is -2.17. The van der Waals surface area contributed by atoms with Crippen LogP contribution in [0.25, 0.3) is 0 Å². The summed E-state index contributed by atoms with van der Waals surface area (Å²) in [6.07, 6.45) is 0. The van der Waals surface area contributed by atoms with Crippen LogP contribution in [0.1, 0.15) is 22.9 Å². The van der Waals surface area contributed by atoms with Gasteiger partial charge in [-0.2, -0.15) is 0 Å². The van der Waals surface area contributed by atoms with E-state index in [2.05, 4.69) is 37.2 Å². The largest absolute Gasteiger partial charge is 0.433 e. The van der Waals surface area contributed by atoms with Gasteiger partial charge in [-0.05, 0) is 43.3 Å². The summed E-state index contributed by atoms with van der Waals surface area (Å²) in [5, 5.41) is 13.8. The minimum Gasteiger partial charge on any atom is -0.404 e. The molecule has 0 aliphatic carbocycles. The van der Waals surface area contributed by atoms with E-state index in [9.17, 15) is 10.1 Å². The number of hydrogen-bond donors (Lipinski definition) is 1. The number of aryl methyl sites for hydroxylation is 1. The lowest BCUT2D eigenvalue weighted by atomic mass is 10.0. The van der Waals surface area contributed by atoms with Crippen molar-refractivity contribution in [3.05, 3.63) is 60.2 Å². The Morgan fingerprint density at radius 1 is 1.30 bits per heavy atom. The number of hydrogen-bond acceptors (Lipinski definition) is 4. The summed E-state index contributed by atoms with van der Waals surface area (Å²) in [6, 6.07) is 6.65. The van der Waals surface area contributed by atoms with Crippen LogP contribution < -0.4 is 5.32 Å². The molecule has 1 aromatic carbocycles. The average molecular weight is 404 g/mol. The third-order valence-corrected chi connectivity index (χ3v) is 4.50. The first-order valence-electron chi connectivity index (χ1n) is 5.81. The van der Waals surface area contributed by atoms with Crippen molar-refractivity contribution in [3.63, 3.8) is 0 Å². The maximum Gasteiger partial charge on any atom is 0.433 e. The van der Waals surface area contributed by atoms with E-state index in [1.54, 1.807) is 13.1 Å². The van der Waals surface area contributed by atoms with Gasteiger partial charge in [0.25, 0.3) is 0 Å². The fourth-order valence-corrected chi connectivity index (χ4v) is 2.98. The first-order chi connectivity index (χ1) is 9.43. The number of halogens is 2. The molecule has 5 nitrogen and oxygen atoms in total. The van der Waals surface area contributed by atoms with E-state index in [0.717, 1.165) is 20.1 Å². The minimum absolute atomic E-state index is 0.262. The van der Waals surface area contributed by atoms with E-state index in [1.165, 1.54) is 6.07 Å². The van der Waals surface area contributed by atoms with Gasteiger partial charge in [0.2, 0.25) is 0 Å². The maximum atomic E-state index is 10.7. The summed E-state index contributed by atoms with van der Waals surface area (Å²) < 4.78 is 7.16. The van der Waals surface area contributed by atoms with Crippen molar-refractivity contribution < 1.29 is 9.34 Å². The molecule has 0 aliphatic heterocycles. The Morgan fingerprint density at radius 3 is 2.55 bits per heavy atom. The number of nitro groups is 1. The first kappa shape index (κ1) is 15.2. The number of benzene rings is 1. The monoisotopic (exact) mass is 402 g/mol. The topological polar surface area (TPSA) is 68.3 Å². The van der Waals surface area contributed by atoms with E-state index in [0.29, 0.717) is 5.76 Å². The van der Waals surface area contributed by atoms with Gasteiger partial charge in [0, 0.05) is 8.95 Å². The third kappa shape index (κ3) is 2.94. The zero-order chi connectivity index (χ0) is 14.9. The zero-order valence-electron chi connectivity index (χ0n) is 10.8. The quantitative estimate of drug-likeness (QED) is 0.609. The summed E-state index contributed by atoms with van der Waals surface area (Å²) in [5.74, 6) is 0.234. The van der Waals surface area contributed by atoms with Crippen molar-refractivity contribution in [1.82, 2.24) is 5.32 Å². The van der Waals surface area contributed by atoms with Crippen LogP contribution in [0.4, 0.5) is 5.88 Å². The molecule has 7 heteroatoms. The van der Waals surface area contributed by atoms with Gasteiger partial charge in [0.1, 0.15) is 10.7 Å². The highest BCUT2D eigenvalue weighted by Gasteiger charge is 2.22. The third-order valence-electron chi connectivity index (χ3n) is 2.95. The molecule has 0 amide bonds. The van der Waals surface area contributed by atoms with Crippen molar-refractivity contribution in [2.24, 2.45) is 0 Å². The Hall–Kier alpha value is -1.18. The molecule has 0 saturated carbocycles. The van der Waals surface area contributed by atoms with Crippen molar-refractivity contribution in [2.75, 3.05) is 7.05 Å². The fourth-order valence-electron chi connectivity index (χ4n) is 1.93. The average Bonchev–Trinajstić information content (AvgIpc) is 2.86. The molecular formula is C13H12Br2N2O3. The van der Waals surface area contributed by atoms with Crippen LogP contribution in [0, 0.1) is 17.0 Å². The molecule has 1 atom stereocenters. The molecule has 0 aliphatic rings. The predicted molar refractivity (Wildman–Crippen MR) is 82.8 cm³/mol. The highest BCUT2D eigenvalue weighted by molar-refractivity contribution is 9.11. The van der Waals surface area contributed by atoms with Crippen LogP contribution in [-0.2, 0) is 0 Å². The molecule has 0 spiro atoms. The second-order valence-corrected chi connectivity index (χ2v) is 5.99. The van der Waals surface area contributed by atoms with E-state index in [1.807, 2.05) is 19.1 Å². The molecule has 106 valence electrons. The Kier molecular flexibility index (Phi) is 4.62. The zero-order valence-corrected chi connectivity index (χ0v) is 14.0. The summed E-state index contributed by atoms with van der Waals surface area (Å²) in [7, 11) is 1.78. The number of furan rings is 1. The fraction of sp³-hybridized carbons (Fsp3) is 0.231. The van der Waals surface area contributed by atoms with Gasteiger partial charge in [0.15, 0.2) is 0 Å². The molecule has 0 fully saturated rings. The van der Waals surface area contributed by atoms with Gasteiger partial charge in [0.05, 0.1) is 12.1 Å². The summed E-state index contributed by atoms with van der Waals surface area (Å²) in [5.41, 5.74) is 2.04. The lowest BCUT2D eigenvalue weighted by Crippen LogP contribution is -2.17. The van der Waals surface area contributed by atoms with E-state index in [4.69, 9.17) is 4.42 Å². The van der Waals surface area contributed by atoms with Gasteiger partial charge >= 0.3 is 5.88 Å². The van der Waals surface area contributed by atoms with Gasteiger partial charge in [-0.15, -0.1) is 0 Å². The predicted octanol–water partition coefficient (Wildman–Crippen LogP) is 4.33. The van der Waals surface area contributed by atoms with Crippen LogP contribution in [-0.4, -0.2) is 12.0 Å². The summed E-state index contributed by atoms with van der Waals surface area (Å²) in [4.78, 5) is 10.2. The Morgan fingerprint density at radius 2 is 2.00 bits per heavy atom. The number of rotatable bonds is 4. The number of nitrogens with one attached hydrogen (secondary N) is 1. The van der Waals surface area contributed by atoms with E-state index < -0.39 is 4.92 Å². The standard InChI is InChI=1S/C13H12Br2N2O3/c1-7-5-10(15)8(6-9(7)14)13(16-2)11-3-4-12(20-11)17(18)19/h3-6,13,16H,1-2H3. The van der Waals surface area contributed by atoms with Gasteiger partial charge in [-0.1, -0.05) is 31.9 Å². The molecule has 0 saturated heterocycles. The molecule has 1 heterocycles. The molecule has 0 radical (unpaired) electrons. The van der Waals surface area contributed by atoms with Crippen LogP contribution in [0.5, 0.6) is 0 Å². The second kappa shape index (κ2) is 6.07. The maximum absolute atomic E-state index is 10.7. The van der Waals surface area contributed by atoms with Crippen LogP contribution >= 0.6 is 31.9 Å². The molecule has 1 aromatic heterocycles. The SMILES string of the molecule is CNC(c1ccc([N+](=O)[O-])o1)c1cc(Br)c(C)cc1Br. The Bertz CT molecular complexity index is 655. The smallest absolute Gasteiger partial charge is 0.404 e. The molecule has 1 unspecified atom stereocenters. The lowest BCUT2D eigenvalue weighted by molar-refractivity contribution is -0.402. The van der Waals surface area contributed by atoms with Crippen molar-refractivity contribution >= 4 is 37.7 Å². The minimum atomic E-state index is -0.545. The molecule has 0 bridgehead atoms. The molecule has 20 heavy (non-hydrogen) atoms. The van der Waals surface area contributed by atoms with Crippen molar-refractivity contribution in [2.45, 2.75) is 13.0 Å². The molecule has 1 N–H and O–H groups in total. The molecule has 2 aromatic rings. The molecular weight excluding hydrogens is 392 g/mol. The van der Waals surface area contributed by atoms with Gasteiger partial charge in [-0.25, -0.2) is 0 Å². The van der Waals surface area contributed by atoms with Crippen molar-refractivity contribution in [3.8, 4) is 0 Å². The highest BCUT2D eigenvalue weighted by Crippen LogP contribution is 2.34. The normalized spacial score (nSPS) is 12.4. The van der Waals surface area contributed by atoms with Crippen LogP contribution in [0.2, 0.25) is 0 Å². The van der Waals surface area contributed by atoms with E-state index in [-0.39, 0.29) is 11.9 Å². The summed E-state index contributed by atoms with van der Waals surface area (Å²) >= 11 is 7.01. The highest BCUT2D eigenvalue weighted by atomic mass is 79.9. The van der Waals surface area contributed by atoms with Crippen LogP contribution in [0.3, 0.4) is 0 Å². The Labute approximate surface area is 132 Å². The molecule has 2 rings (SSSR count). The Balaban J connectivity index is 2.46. The van der Waals surface area contributed by atoms with E-state index >= 15 is 0 Å². The van der Waals surface area contributed by atoms with Gasteiger partial charge < -0.3 is 9.73 Å². The van der Waals surface area contributed by atoms with Gasteiger partial charge in [-0.3, -0.25) is 10.1 Å². The first-order valence-corrected chi connectivity index (χ1v) is 7.39. The second-order valence-electron chi connectivity index (χ2n) is 4.28.